The predicted octanol–water partition coefficient (Wildman–Crippen LogP) is 0.419. The molecule has 9 heteroatoms. The number of rotatable bonds is 5. The molecule has 2 aromatic rings. The Morgan fingerprint density at radius 2 is 2.09 bits per heavy atom. The van der Waals surface area contributed by atoms with Crippen LogP contribution in [0.25, 0.3) is 10.3 Å². The zero-order chi connectivity index (χ0) is 16.4. The molecule has 0 aromatic carbocycles. The monoisotopic (exact) mass is 356 g/mol. The van der Waals surface area contributed by atoms with Crippen LogP contribution in [0.4, 0.5) is 0 Å². The molecule has 1 N–H and O–H groups in total. The molecule has 1 aliphatic rings. The van der Waals surface area contributed by atoms with Gasteiger partial charge in [-0.2, -0.15) is 0 Å². The van der Waals surface area contributed by atoms with E-state index in [1.807, 2.05) is 4.90 Å². The van der Waals surface area contributed by atoms with E-state index in [9.17, 15) is 9.59 Å². The fourth-order valence-corrected chi connectivity index (χ4v) is 3.94. The van der Waals surface area contributed by atoms with Crippen molar-refractivity contribution in [2.75, 3.05) is 39.3 Å². The number of aliphatic hydroxyl groups excluding tert-OH is 1. The number of aromatic nitrogens is 2. The first-order valence-corrected chi connectivity index (χ1v) is 8.53. The minimum absolute atomic E-state index is 0.123. The molecule has 0 bridgehead atoms. The SMILES string of the molecule is O=CC(N1CCN(CCO)CC1)n1c(=O)sc2nc(Cl)ccc21. The summed E-state index contributed by atoms with van der Waals surface area (Å²) in [5.41, 5.74) is 0.624. The number of thiazole rings is 1. The van der Waals surface area contributed by atoms with E-state index in [1.54, 1.807) is 12.1 Å². The molecule has 0 amide bonds. The van der Waals surface area contributed by atoms with E-state index in [0.717, 1.165) is 30.7 Å². The van der Waals surface area contributed by atoms with E-state index in [4.69, 9.17) is 16.7 Å². The minimum atomic E-state index is -0.643. The van der Waals surface area contributed by atoms with Crippen molar-refractivity contribution >= 4 is 39.6 Å². The Hall–Kier alpha value is -1.32. The van der Waals surface area contributed by atoms with Crippen LogP contribution < -0.4 is 4.87 Å². The summed E-state index contributed by atoms with van der Waals surface area (Å²) in [7, 11) is 0. The molecule has 1 atom stereocenters. The highest BCUT2D eigenvalue weighted by atomic mass is 35.5. The van der Waals surface area contributed by atoms with Gasteiger partial charge < -0.3 is 5.11 Å². The van der Waals surface area contributed by atoms with E-state index < -0.39 is 6.17 Å². The standard InChI is InChI=1S/C14H17ClN4O3S/c15-11-2-1-10-13(16-11)23-14(22)19(10)12(9-21)18-5-3-17(4-6-18)7-8-20/h1-2,9,12,20H,3-8H2. The summed E-state index contributed by atoms with van der Waals surface area (Å²) in [6.07, 6.45) is 0.152. The Balaban J connectivity index is 1.89. The quantitative estimate of drug-likeness (QED) is 0.618. The van der Waals surface area contributed by atoms with Crippen molar-refractivity contribution < 1.29 is 9.90 Å². The molecule has 2 aromatic heterocycles. The second-order valence-corrected chi connectivity index (χ2v) is 6.67. The summed E-state index contributed by atoms with van der Waals surface area (Å²) in [5, 5.41) is 9.32. The second-order valence-electron chi connectivity index (χ2n) is 5.35. The van der Waals surface area contributed by atoms with Gasteiger partial charge in [0.1, 0.15) is 16.1 Å². The third kappa shape index (κ3) is 3.31. The van der Waals surface area contributed by atoms with Crippen LogP contribution in [0.2, 0.25) is 5.15 Å². The number of piperazine rings is 1. The smallest absolute Gasteiger partial charge is 0.311 e. The number of carbonyl (C=O) groups excluding carboxylic acids is 1. The van der Waals surface area contributed by atoms with E-state index in [0.29, 0.717) is 35.1 Å². The molecule has 3 heterocycles. The van der Waals surface area contributed by atoms with Crippen LogP contribution in [0.15, 0.2) is 16.9 Å². The van der Waals surface area contributed by atoms with Gasteiger partial charge in [-0.25, -0.2) is 4.98 Å². The number of aldehydes is 1. The fraction of sp³-hybridized carbons (Fsp3) is 0.500. The van der Waals surface area contributed by atoms with Crippen LogP contribution in [-0.2, 0) is 4.79 Å². The maximum absolute atomic E-state index is 12.3. The fourth-order valence-electron chi connectivity index (χ4n) is 2.85. The van der Waals surface area contributed by atoms with E-state index in [2.05, 4.69) is 9.88 Å². The molecular weight excluding hydrogens is 340 g/mol. The average Bonchev–Trinajstić information content (AvgIpc) is 2.85. The van der Waals surface area contributed by atoms with Crippen LogP contribution in [0.1, 0.15) is 6.17 Å². The van der Waals surface area contributed by atoms with Crippen molar-refractivity contribution in [3.8, 4) is 0 Å². The van der Waals surface area contributed by atoms with E-state index in [1.165, 1.54) is 4.57 Å². The van der Waals surface area contributed by atoms with Crippen molar-refractivity contribution in [1.82, 2.24) is 19.4 Å². The number of hydrogen-bond donors (Lipinski definition) is 1. The zero-order valence-electron chi connectivity index (χ0n) is 12.4. The van der Waals surface area contributed by atoms with Gasteiger partial charge in [0.25, 0.3) is 0 Å². The topological polar surface area (TPSA) is 78.7 Å². The lowest BCUT2D eigenvalue weighted by molar-refractivity contribution is -0.116. The van der Waals surface area contributed by atoms with Crippen LogP contribution in [-0.4, -0.2) is 70.1 Å². The molecule has 1 fully saturated rings. The first-order valence-electron chi connectivity index (χ1n) is 7.34. The van der Waals surface area contributed by atoms with Gasteiger partial charge in [0.15, 0.2) is 6.29 Å². The van der Waals surface area contributed by atoms with Crippen molar-refractivity contribution in [2.45, 2.75) is 6.17 Å². The van der Waals surface area contributed by atoms with Crippen molar-refractivity contribution in [2.24, 2.45) is 0 Å². The number of nitrogens with zero attached hydrogens (tertiary/aromatic N) is 4. The maximum atomic E-state index is 12.3. The number of carbonyl (C=O) groups is 1. The van der Waals surface area contributed by atoms with Crippen molar-refractivity contribution in [1.29, 1.82) is 0 Å². The normalized spacial score (nSPS) is 18.3. The van der Waals surface area contributed by atoms with Crippen LogP contribution in [0.5, 0.6) is 0 Å². The number of β-amino-alcohol motifs (C(OH)–C–C–N with tert-alkyl or cyclic N) is 1. The van der Waals surface area contributed by atoms with Crippen LogP contribution in [0.3, 0.4) is 0 Å². The van der Waals surface area contributed by atoms with Crippen molar-refractivity contribution in [3.05, 3.63) is 27.0 Å². The zero-order valence-corrected chi connectivity index (χ0v) is 14.0. The first kappa shape index (κ1) is 16.5. The lowest BCUT2D eigenvalue weighted by Crippen LogP contribution is -2.50. The van der Waals surface area contributed by atoms with E-state index >= 15 is 0 Å². The maximum Gasteiger partial charge on any atom is 0.311 e. The molecule has 1 saturated heterocycles. The largest absolute Gasteiger partial charge is 0.395 e. The highest BCUT2D eigenvalue weighted by Gasteiger charge is 2.27. The van der Waals surface area contributed by atoms with Gasteiger partial charge in [0, 0.05) is 32.7 Å². The van der Waals surface area contributed by atoms with Gasteiger partial charge in [-0.1, -0.05) is 22.9 Å². The first-order chi connectivity index (χ1) is 11.1. The second kappa shape index (κ2) is 7.06. The van der Waals surface area contributed by atoms with E-state index in [-0.39, 0.29) is 11.5 Å². The van der Waals surface area contributed by atoms with Crippen LogP contribution in [0, 0.1) is 0 Å². The molecule has 0 saturated carbocycles. The molecule has 7 nitrogen and oxygen atoms in total. The third-order valence-corrected chi connectivity index (χ3v) is 5.11. The molecule has 0 aliphatic carbocycles. The lowest BCUT2D eigenvalue weighted by atomic mass is 10.3. The summed E-state index contributed by atoms with van der Waals surface area (Å²) in [6.45, 7) is 3.58. The average molecular weight is 357 g/mol. The molecule has 124 valence electrons. The van der Waals surface area contributed by atoms with Gasteiger partial charge in [0.2, 0.25) is 0 Å². The number of aliphatic hydroxyl groups is 1. The van der Waals surface area contributed by atoms with Crippen molar-refractivity contribution in [3.63, 3.8) is 0 Å². The Kier molecular flexibility index (Phi) is 5.08. The summed E-state index contributed by atoms with van der Waals surface area (Å²) in [6, 6.07) is 3.34. The third-order valence-electron chi connectivity index (χ3n) is 4.03. The highest BCUT2D eigenvalue weighted by Crippen LogP contribution is 2.23. The molecular formula is C14H17ClN4O3S. The highest BCUT2D eigenvalue weighted by molar-refractivity contribution is 7.16. The number of fused-ring (bicyclic) bond motifs is 1. The molecule has 1 unspecified atom stereocenters. The Morgan fingerprint density at radius 3 is 2.74 bits per heavy atom. The van der Waals surface area contributed by atoms with Gasteiger partial charge in [-0.05, 0) is 12.1 Å². The molecule has 0 spiro atoms. The molecule has 1 aliphatic heterocycles. The Labute approximate surface area is 141 Å². The Bertz CT molecular complexity index is 754. The van der Waals surface area contributed by atoms with Gasteiger partial charge >= 0.3 is 4.87 Å². The number of halogens is 1. The summed E-state index contributed by atoms with van der Waals surface area (Å²) in [5.74, 6) is 0. The molecule has 0 radical (unpaired) electrons. The summed E-state index contributed by atoms with van der Waals surface area (Å²) < 4.78 is 1.48. The summed E-state index contributed by atoms with van der Waals surface area (Å²) >= 11 is 6.86. The van der Waals surface area contributed by atoms with Gasteiger partial charge in [-0.15, -0.1) is 0 Å². The minimum Gasteiger partial charge on any atom is -0.395 e. The molecule has 23 heavy (non-hydrogen) atoms. The Morgan fingerprint density at radius 1 is 1.35 bits per heavy atom. The number of hydrogen-bond acceptors (Lipinski definition) is 7. The summed E-state index contributed by atoms with van der Waals surface area (Å²) in [4.78, 5) is 32.6. The van der Waals surface area contributed by atoms with Gasteiger partial charge in [-0.3, -0.25) is 24.0 Å². The van der Waals surface area contributed by atoms with Crippen LogP contribution >= 0.6 is 22.9 Å². The lowest BCUT2D eigenvalue weighted by Gasteiger charge is -2.37. The molecule has 3 rings (SSSR count). The van der Waals surface area contributed by atoms with Gasteiger partial charge in [0.05, 0.1) is 12.1 Å². The number of pyridine rings is 1. The predicted molar refractivity (Wildman–Crippen MR) is 89.1 cm³/mol.